The van der Waals surface area contributed by atoms with E-state index >= 15 is 0 Å². The molecule has 0 radical (unpaired) electrons. The van der Waals surface area contributed by atoms with E-state index in [9.17, 15) is 4.79 Å². The van der Waals surface area contributed by atoms with Crippen LogP contribution in [0.15, 0.2) is 73.1 Å². The van der Waals surface area contributed by atoms with E-state index in [-0.39, 0.29) is 5.78 Å². The fourth-order valence-corrected chi connectivity index (χ4v) is 1.72. The number of ketones is 1. The van der Waals surface area contributed by atoms with Crippen molar-refractivity contribution in [3.8, 4) is 11.1 Å². The fourth-order valence-electron chi connectivity index (χ4n) is 1.72. The molecule has 0 bridgehead atoms. The number of hydrogen-bond donors (Lipinski definition) is 1. The Morgan fingerprint density at radius 3 is 1.70 bits per heavy atom. The summed E-state index contributed by atoms with van der Waals surface area (Å²) in [6.45, 7) is 1.47. The summed E-state index contributed by atoms with van der Waals surface area (Å²) in [4.78, 5) is 16.8. The third kappa shape index (κ3) is 3.92. The molecule has 1 heterocycles. The Balaban J connectivity index is 0.000000160. The maximum atomic E-state index is 10.4. The number of aromatic amines is 1. The topological polar surface area (TPSA) is 45.8 Å². The highest BCUT2D eigenvalue weighted by Gasteiger charge is 1.96. The van der Waals surface area contributed by atoms with Gasteiger partial charge in [0.15, 0.2) is 11.6 Å². The van der Waals surface area contributed by atoms with E-state index in [1.54, 1.807) is 12.4 Å². The molecule has 1 N–H and O–H groups in total. The van der Waals surface area contributed by atoms with Crippen LogP contribution in [0.3, 0.4) is 0 Å². The number of rotatable bonds is 2. The maximum Gasteiger partial charge on any atom is 0.194 e. The molecule has 2 aromatic carbocycles. The van der Waals surface area contributed by atoms with Crippen LogP contribution >= 0.6 is 0 Å². The van der Waals surface area contributed by atoms with E-state index in [0.717, 1.165) is 0 Å². The van der Waals surface area contributed by atoms with Crippen LogP contribution in [-0.4, -0.2) is 15.8 Å². The summed E-state index contributed by atoms with van der Waals surface area (Å²) in [6, 6.07) is 20.8. The van der Waals surface area contributed by atoms with Gasteiger partial charge < -0.3 is 4.98 Å². The maximum absolute atomic E-state index is 10.4. The SMILES string of the molecule is CC(=O)c1ncc[nH]1.c1ccc(-c2ccccc2)cc1. The van der Waals surface area contributed by atoms with E-state index in [1.165, 1.54) is 18.1 Å². The molecular formula is C17H16N2O. The summed E-state index contributed by atoms with van der Waals surface area (Å²) < 4.78 is 0. The zero-order valence-electron chi connectivity index (χ0n) is 11.3. The molecule has 3 heteroatoms. The van der Waals surface area contributed by atoms with Gasteiger partial charge in [0.05, 0.1) is 0 Å². The predicted molar refractivity (Wildman–Crippen MR) is 80.5 cm³/mol. The lowest BCUT2D eigenvalue weighted by atomic mass is 10.1. The molecule has 0 aliphatic heterocycles. The smallest absolute Gasteiger partial charge is 0.194 e. The van der Waals surface area contributed by atoms with Gasteiger partial charge in [-0.25, -0.2) is 4.98 Å². The van der Waals surface area contributed by atoms with Crippen LogP contribution in [-0.2, 0) is 0 Å². The second-order valence-corrected chi connectivity index (χ2v) is 4.23. The highest BCUT2D eigenvalue weighted by atomic mass is 16.1. The number of nitrogens with zero attached hydrogens (tertiary/aromatic N) is 1. The van der Waals surface area contributed by atoms with E-state index < -0.39 is 0 Å². The van der Waals surface area contributed by atoms with Gasteiger partial charge in [0.2, 0.25) is 0 Å². The largest absolute Gasteiger partial charge is 0.342 e. The zero-order valence-corrected chi connectivity index (χ0v) is 11.3. The van der Waals surface area contributed by atoms with Gasteiger partial charge in [0, 0.05) is 19.3 Å². The molecule has 3 rings (SSSR count). The van der Waals surface area contributed by atoms with Gasteiger partial charge in [-0.15, -0.1) is 0 Å². The first-order valence-electron chi connectivity index (χ1n) is 6.38. The number of Topliss-reactive ketones (excluding diaryl/α,β-unsaturated/α-hetero) is 1. The molecule has 100 valence electrons. The molecule has 3 aromatic rings. The number of carbonyl (C=O) groups is 1. The molecule has 0 saturated carbocycles. The Morgan fingerprint density at radius 1 is 0.900 bits per heavy atom. The first-order chi connectivity index (χ1) is 9.77. The predicted octanol–water partition coefficient (Wildman–Crippen LogP) is 3.97. The highest BCUT2D eigenvalue weighted by Crippen LogP contribution is 2.17. The van der Waals surface area contributed by atoms with Crippen LogP contribution < -0.4 is 0 Å². The lowest BCUT2D eigenvalue weighted by Crippen LogP contribution is -1.92. The number of carbonyl (C=O) groups excluding carboxylic acids is 1. The second kappa shape index (κ2) is 7.04. The van der Waals surface area contributed by atoms with Crippen LogP contribution in [0.25, 0.3) is 11.1 Å². The summed E-state index contributed by atoms with van der Waals surface area (Å²) in [5, 5.41) is 0. The minimum atomic E-state index is -0.0324. The van der Waals surface area contributed by atoms with Crippen LogP contribution in [0, 0.1) is 0 Å². The molecular weight excluding hydrogens is 248 g/mol. The average Bonchev–Trinajstić information content (AvgIpc) is 3.04. The monoisotopic (exact) mass is 264 g/mol. The number of aromatic nitrogens is 2. The van der Waals surface area contributed by atoms with E-state index in [0.29, 0.717) is 5.82 Å². The second-order valence-electron chi connectivity index (χ2n) is 4.23. The van der Waals surface area contributed by atoms with E-state index in [4.69, 9.17) is 0 Å². The lowest BCUT2D eigenvalue weighted by molar-refractivity contribution is 0.100. The highest BCUT2D eigenvalue weighted by molar-refractivity contribution is 5.90. The Hall–Kier alpha value is -2.68. The summed E-state index contributed by atoms with van der Waals surface area (Å²) in [5.41, 5.74) is 2.55. The van der Waals surface area contributed by atoms with Crippen molar-refractivity contribution >= 4 is 5.78 Å². The van der Waals surface area contributed by atoms with Crippen molar-refractivity contribution in [1.29, 1.82) is 0 Å². The number of hydrogen-bond acceptors (Lipinski definition) is 2. The van der Waals surface area contributed by atoms with Gasteiger partial charge in [0.25, 0.3) is 0 Å². The minimum absolute atomic E-state index is 0.0324. The van der Waals surface area contributed by atoms with Crippen LogP contribution in [0.1, 0.15) is 17.5 Å². The number of nitrogens with one attached hydrogen (secondary N) is 1. The van der Waals surface area contributed by atoms with Crippen molar-refractivity contribution in [3.63, 3.8) is 0 Å². The van der Waals surface area contributed by atoms with Gasteiger partial charge in [-0.05, 0) is 11.1 Å². The Morgan fingerprint density at radius 2 is 1.40 bits per heavy atom. The minimum Gasteiger partial charge on any atom is -0.342 e. The molecule has 0 atom stereocenters. The molecule has 0 aliphatic rings. The van der Waals surface area contributed by atoms with Crippen molar-refractivity contribution in [2.24, 2.45) is 0 Å². The Bertz CT molecular complexity index is 594. The summed E-state index contributed by atoms with van der Waals surface area (Å²) >= 11 is 0. The summed E-state index contributed by atoms with van der Waals surface area (Å²) in [6.07, 6.45) is 3.17. The molecule has 3 nitrogen and oxygen atoms in total. The van der Waals surface area contributed by atoms with Gasteiger partial charge in [-0.2, -0.15) is 0 Å². The van der Waals surface area contributed by atoms with Crippen molar-refractivity contribution in [2.45, 2.75) is 6.92 Å². The summed E-state index contributed by atoms with van der Waals surface area (Å²) in [5.74, 6) is 0.389. The quantitative estimate of drug-likeness (QED) is 0.712. The van der Waals surface area contributed by atoms with Crippen LogP contribution in [0.5, 0.6) is 0 Å². The van der Waals surface area contributed by atoms with Crippen LogP contribution in [0.4, 0.5) is 0 Å². The number of imidazole rings is 1. The van der Waals surface area contributed by atoms with E-state index in [2.05, 4.69) is 58.5 Å². The molecule has 0 aliphatic carbocycles. The molecule has 0 amide bonds. The van der Waals surface area contributed by atoms with Crippen molar-refractivity contribution in [2.75, 3.05) is 0 Å². The van der Waals surface area contributed by atoms with Gasteiger partial charge in [-0.3, -0.25) is 4.79 Å². The molecule has 0 saturated heterocycles. The molecule has 1 aromatic heterocycles. The summed E-state index contributed by atoms with van der Waals surface area (Å²) in [7, 11) is 0. The molecule has 0 fully saturated rings. The Kier molecular flexibility index (Phi) is 4.84. The van der Waals surface area contributed by atoms with Crippen LogP contribution in [0.2, 0.25) is 0 Å². The van der Waals surface area contributed by atoms with Crippen molar-refractivity contribution in [3.05, 3.63) is 78.9 Å². The van der Waals surface area contributed by atoms with Gasteiger partial charge in [-0.1, -0.05) is 60.7 Å². The van der Waals surface area contributed by atoms with Gasteiger partial charge in [0.1, 0.15) is 0 Å². The number of benzene rings is 2. The van der Waals surface area contributed by atoms with E-state index in [1.807, 2.05) is 12.1 Å². The van der Waals surface area contributed by atoms with Gasteiger partial charge >= 0.3 is 0 Å². The normalized spacial score (nSPS) is 9.45. The zero-order chi connectivity index (χ0) is 14.2. The first-order valence-corrected chi connectivity index (χ1v) is 6.38. The molecule has 20 heavy (non-hydrogen) atoms. The molecule has 0 unspecified atom stereocenters. The lowest BCUT2D eigenvalue weighted by Gasteiger charge is -1.98. The number of H-pyrrole nitrogens is 1. The van der Waals surface area contributed by atoms with Crippen molar-refractivity contribution in [1.82, 2.24) is 9.97 Å². The average molecular weight is 264 g/mol. The third-order valence-corrected chi connectivity index (χ3v) is 2.71. The fraction of sp³-hybridized carbons (Fsp3) is 0.0588. The van der Waals surface area contributed by atoms with Crippen molar-refractivity contribution < 1.29 is 4.79 Å². The third-order valence-electron chi connectivity index (χ3n) is 2.71. The first kappa shape index (κ1) is 13.7. The Labute approximate surface area is 118 Å². The standard InChI is InChI=1S/C12H10.C5H6N2O/c1-3-7-11(8-4-1)12-9-5-2-6-10-12;1-4(8)5-6-2-3-7-5/h1-10H;2-3H,1H3,(H,6,7). The molecule has 0 spiro atoms.